The van der Waals surface area contributed by atoms with Gasteiger partial charge in [-0.1, -0.05) is 6.92 Å². The Morgan fingerprint density at radius 2 is 2.22 bits per heavy atom. The van der Waals surface area contributed by atoms with Gasteiger partial charge in [-0.25, -0.2) is 0 Å². The minimum atomic E-state index is -0.631. The molecule has 0 aliphatic rings. The van der Waals surface area contributed by atoms with Crippen LogP contribution in [-0.4, -0.2) is 23.4 Å². The average Bonchev–Trinajstić information content (AvgIpc) is 2.35. The molecule has 0 spiro atoms. The lowest BCUT2D eigenvalue weighted by Gasteiger charge is -2.16. The number of hydrogen-bond acceptors (Lipinski definition) is 5. The predicted molar refractivity (Wildman–Crippen MR) is 68.4 cm³/mol. The maximum absolute atomic E-state index is 11.1. The summed E-state index contributed by atoms with van der Waals surface area (Å²) in [7, 11) is 0. The Balaban J connectivity index is 3.14. The standard InChI is InChI=1S/C11H16N4O3/c1-2-8(6-12)14-9-5-7(11(13)16)3-4-10(9)15(17)18/h3-5,8,14H,2,6,12H2,1H3,(H2,13,16). The number of nitro groups is 1. The van der Waals surface area contributed by atoms with Crippen LogP contribution in [-0.2, 0) is 0 Å². The van der Waals surface area contributed by atoms with E-state index in [-0.39, 0.29) is 23.0 Å². The van der Waals surface area contributed by atoms with E-state index in [0.29, 0.717) is 13.0 Å². The van der Waals surface area contributed by atoms with Gasteiger partial charge in [-0.05, 0) is 18.6 Å². The molecule has 5 N–H and O–H groups in total. The smallest absolute Gasteiger partial charge is 0.292 e. The highest BCUT2D eigenvalue weighted by atomic mass is 16.6. The fourth-order valence-electron chi connectivity index (χ4n) is 1.51. The van der Waals surface area contributed by atoms with E-state index in [1.807, 2.05) is 6.92 Å². The van der Waals surface area contributed by atoms with Crippen LogP contribution in [0.25, 0.3) is 0 Å². The number of anilines is 1. The highest BCUT2D eigenvalue weighted by Gasteiger charge is 2.17. The SMILES string of the molecule is CCC(CN)Nc1cc(C(N)=O)ccc1[N+](=O)[O-]. The van der Waals surface area contributed by atoms with E-state index in [9.17, 15) is 14.9 Å². The van der Waals surface area contributed by atoms with Gasteiger partial charge in [0.15, 0.2) is 0 Å². The van der Waals surface area contributed by atoms with Gasteiger partial charge >= 0.3 is 0 Å². The van der Waals surface area contributed by atoms with Crippen LogP contribution in [0.3, 0.4) is 0 Å². The van der Waals surface area contributed by atoms with Gasteiger partial charge in [-0.2, -0.15) is 0 Å². The molecule has 0 aliphatic carbocycles. The van der Waals surface area contributed by atoms with Crippen molar-refractivity contribution in [1.82, 2.24) is 0 Å². The Hall–Kier alpha value is -2.15. The minimum Gasteiger partial charge on any atom is -0.375 e. The summed E-state index contributed by atoms with van der Waals surface area (Å²) in [6, 6.07) is 3.87. The third-order valence-corrected chi connectivity index (χ3v) is 2.61. The first kappa shape index (κ1) is 13.9. The molecule has 0 bridgehead atoms. The number of nitrogens with zero attached hydrogens (tertiary/aromatic N) is 1. The first-order valence-electron chi connectivity index (χ1n) is 5.54. The van der Waals surface area contributed by atoms with Crippen molar-refractivity contribution in [3.8, 4) is 0 Å². The number of nitrogens with two attached hydrogens (primary N) is 2. The molecule has 0 heterocycles. The van der Waals surface area contributed by atoms with E-state index in [1.165, 1.54) is 18.2 Å². The zero-order chi connectivity index (χ0) is 13.7. The summed E-state index contributed by atoms with van der Waals surface area (Å²) in [6.45, 7) is 2.25. The van der Waals surface area contributed by atoms with Gasteiger partial charge in [0.1, 0.15) is 5.69 Å². The van der Waals surface area contributed by atoms with Gasteiger partial charge in [-0.3, -0.25) is 14.9 Å². The Morgan fingerprint density at radius 3 is 2.67 bits per heavy atom. The molecule has 0 aliphatic heterocycles. The molecule has 98 valence electrons. The number of primary amides is 1. The van der Waals surface area contributed by atoms with Gasteiger partial charge in [0, 0.05) is 24.2 Å². The number of rotatable bonds is 6. The van der Waals surface area contributed by atoms with E-state index in [0.717, 1.165) is 0 Å². The predicted octanol–water partition coefficient (Wildman–Crippen LogP) is 0.843. The quantitative estimate of drug-likeness (QED) is 0.511. The molecule has 1 unspecified atom stereocenters. The summed E-state index contributed by atoms with van der Waals surface area (Å²) in [4.78, 5) is 21.4. The van der Waals surface area contributed by atoms with Crippen LogP contribution in [0.5, 0.6) is 0 Å². The number of hydrogen-bond donors (Lipinski definition) is 3. The summed E-state index contributed by atoms with van der Waals surface area (Å²) >= 11 is 0. The first-order valence-corrected chi connectivity index (χ1v) is 5.54. The molecule has 7 nitrogen and oxygen atoms in total. The second-order valence-electron chi connectivity index (χ2n) is 3.84. The number of amides is 1. The van der Waals surface area contributed by atoms with Crippen LogP contribution >= 0.6 is 0 Å². The van der Waals surface area contributed by atoms with Crippen molar-refractivity contribution in [2.24, 2.45) is 11.5 Å². The summed E-state index contributed by atoms with van der Waals surface area (Å²) in [5.41, 5.74) is 11.0. The van der Waals surface area contributed by atoms with Gasteiger partial charge in [-0.15, -0.1) is 0 Å². The summed E-state index contributed by atoms with van der Waals surface area (Å²) in [6.07, 6.45) is 0.717. The molecule has 18 heavy (non-hydrogen) atoms. The molecule has 0 saturated carbocycles. The Morgan fingerprint density at radius 1 is 1.56 bits per heavy atom. The topological polar surface area (TPSA) is 124 Å². The Bertz CT molecular complexity index is 458. The Kier molecular flexibility index (Phi) is 4.61. The number of carbonyl (C=O) groups excluding carboxylic acids is 1. The molecular formula is C11H16N4O3. The van der Waals surface area contributed by atoms with Crippen LogP contribution in [0.4, 0.5) is 11.4 Å². The van der Waals surface area contributed by atoms with Gasteiger partial charge in [0.05, 0.1) is 4.92 Å². The second kappa shape index (κ2) is 5.97. The van der Waals surface area contributed by atoms with E-state index < -0.39 is 10.8 Å². The zero-order valence-electron chi connectivity index (χ0n) is 10.1. The molecule has 1 atom stereocenters. The number of benzene rings is 1. The lowest BCUT2D eigenvalue weighted by Crippen LogP contribution is -2.28. The molecule has 1 amide bonds. The maximum atomic E-state index is 11.1. The summed E-state index contributed by atoms with van der Waals surface area (Å²) < 4.78 is 0. The highest BCUT2D eigenvalue weighted by molar-refractivity contribution is 5.94. The molecule has 0 radical (unpaired) electrons. The number of nitro benzene ring substituents is 1. The van der Waals surface area contributed by atoms with E-state index in [4.69, 9.17) is 11.5 Å². The normalized spacial score (nSPS) is 11.9. The van der Waals surface area contributed by atoms with Crippen molar-refractivity contribution >= 4 is 17.3 Å². The molecule has 0 saturated heterocycles. The fourth-order valence-corrected chi connectivity index (χ4v) is 1.51. The van der Waals surface area contributed by atoms with Gasteiger partial charge < -0.3 is 16.8 Å². The molecule has 7 heteroatoms. The van der Waals surface area contributed by atoms with Crippen LogP contribution in [0.1, 0.15) is 23.7 Å². The number of nitrogens with one attached hydrogen (secondary N) is 1. The van der Waals surface area contributed by atoms with Crippen LogP contribution < -0.4 is 16.8 Å². The second-order valence-corrected chi connectivity index (χ2v) is 3.84. The monoisotopic (exact) mass is 252 g/mol. The lowest BCUT2D eigenvalue weighted by atomic mass is 10.1. The zero-order valence-corrected chi connectivity index (χ0v) is 10.1. The van der Waals surface area contributed by atoms with E-state index in [2.05, 4.69) is 5.32 Å². The van der Waals surface area contributed by atoms with Crippen molar-refractivity contribution in [2.45, 2.75) is 19.4 Å². The average molecular weight is 252 g/mol. The van der Waals surface area contributed by atoms with Crippen LogP contribution in [0, 0.1) is 10.1 Å². The largest absolute Gasteiger partial charge is 0.375 e. The third-order valence-electron chi connectivity index (χ3n) is 2.61. The van der Waals surface area contributed by atoms with Crippen molar-refractivity contribution in [3.63, 3.8) is 0 Å². The minimum absolute atomic E-state index is 0.0909. The molecule has 0 aromatic heterocycles. The molecular weight excluding hydrogens is 236 g/mol. The molecule has 1 rings (SSSR count). The Labute approximate surface area is 104 Å². The van der Waals surface area contributed by atoms with Crippen molar-refractivity contribution in [1.29, 1.82) is 0 Å². The molecule has 1 aromatic rings. The van der Waals surface area contributed by atoms with Crippen LogP contribution in [0.15, 0.2) is 18.2 Å². The van der Waals surface area contributed by atoms with Gasteiger partial charge in [0.2, 0.25) is 5.91 Å². The van der Waals surface area contributed by atoms with Crippen molar-refractivity contribution in [3.05, 3.63) is 33.9 Å². The maximum Gasteiger partial charge on any atom is 0.292 e. The number of carbonyl (C=O) groups is 1. The fraction of sp³-hybridized carbons (Fsp3) is 0.364. The summed E-state index contributed by atoms with van der Waals surface area (Å²) in [5.74, 6) is -0.631. The summed E-state index contributed by atoms with van der Waals surface area (Å²) in [5, 5.41) is 13.8. The molecule has 0 fully saturated rings. The van der Waals surface area contributed by atoms with Crippen molar-refractivity contribution in [2.75, 3.05) is 11.9 Å². The third kappa shape index (κ3) is 3.17. The lowest BCUT2D eigenvalue weighted by molar-refractivity contribution is -0.384. The highest BCUT2D eigenvalue weighted by Crippen LogP contribution is 2.26. The van der Waals surface area contributed by atoms with E-state index in [1.54, 1.807) is 0 Å². The van der Waals surface area contributed by atoms with E-state index >= 15 is 0 Å². The molecule has 1 aromatic carbocycles. The van der Waals surface area contributed by atoms with Crippen molar-refractivity contribution < 1.29 is 9.72 Å². The first-order chi connectivity index (χ1) is 8.49. The van der Waals surface area contributed by atoms with Gasteiger partial charge in [0.25, 0.3) is 5.69 Å². The van der Waals surface area contributed by atoms with Crippen LogP contribution in [0.2, 0.25) is 0 Å².